The highest BCUT2D eigenvalue weighted by Gasteiger charge is 2.21. The first-order valence-corrected chi connectivity index (χ1v) is 9.08. The first kappa shape index (κ1) is 19.8. The molecule has 0 aliphatic carbocycles. The smallest absolute Gasteiger partial charge is 0.238 e. The molecule has 0 saturated carbocycles. The third-order valence-corrected chi connectivity index (χ3v) is 4.54. The van der Waals surface area contributed by atoms with Crippen LogP contribution in [0.4, 0.5) is 10.1 Å². The Labute approximate surface area is 163 Å². The minimum absolute atomic E-state index is 0.0337. The number of carbonyl (C=O) groups is 2. The van der Waals surface area contributed by atoms with Crippen molar-refractivity contribution in [3.63, 3.8) is 0 Å². The van der Waals surface area contributed by atoms with E-state index in [-0.39, 0.29) is 42.8 Å². The van der Waals surface area contributed by atoms with Crippen molar-refractivity contribution in [1.82, 2.24) is 5.32 Å². The van der Waals surface area contributed by atoms with Crippen LogP contribution in [0.2, 0.25) is 0 Å². The molecule has 2 aromatic rings. The summed E-state index contributed by atoms with van der Waals surface area (Å²) in [6, 6.07) is 9.26. The molecule has 28 heavy (non-hydrogen) atoms. The number of halogens is 1. The minimum Gasteiger partial charge on any atom is -0.454 e. The average Bonchev–Trinajstić information content (AvgIpc) is 3.09. The van der Waals surface area contributed by atoms with Crippen LogP contribution in [0.15, 0.2) is 36.4 Å². The van der Waals surface area contributed by atoms with Gasteiger partial charge in [0.05, 0.1) is 12.2 Å². The monoisotopic (exact) mass is 386 g/mol. The number of benzene rings is 2. The van der Waals surface area contributed by atoms with Gasteiger partial charge in [0, 0.05) is 17.7 Å². The van der Waals surface area contributed by atoms with E-state index in [1.54, 1.807) is 24.3 Å². The summed E-state index contributed by atoms with van der Waals surface area (Å²) in [5.41, 5.74) is 1.64. The molecule has 7 heteroatoms. The summed E-state index contributed by atoms with van der Waals surface area (Å²) in [6.45, 7) is 5.58. The molecule has 0 unspecified atom stereocenters. The highest BCUT2D eigenvalue weighted by molar-refractivity contribution is 6.05. The minimum atomic E-state index is -0.302. The highest BCUT2D eigenvalue weighted by atomic mass is 19.1. The van der Waals surface area contributed by atoms with E-state index in [4.69, 9.17) is 9.47 Å². The maximum absolute atomic E-state index is 13.2. The van der Waals surface area contributed by atoms with Gasteiger partial charge in [-0.25, -0.2) is 4.39 Å². The van der Waals surface area contributed by atoms with Gasteiger partial charge in [-0.1, -0.05) is 26.0 Å². The largest absolute Gasteiger partial charge is 0.454 e. The van der Waals surface area contributed by atoms with Crippen LogP contribution < -0.4 is 20.1 Å². The molecule has 0 aromatic heterocycles. The molecular weight excluding hydrogens is 363 g/mol. The molecule has 0 bridgehead atoms. The van der Waals surface area contributed by atoms with E-state index in [9.17, 15) is 14.0 Å². The van der Waals surface area contributed by atoms with Crippen LogP contribution in [-0.4, -0.2) is 25.0 Å². The zero-order valence-electron chi connectivity index (χ0n) is 16.0. The number of hydrogen-bond acceptors (Lipinski definition) is 5. The van der Waals surface area contributed by atoms with E-state index in [0.717, 1.165) is 5.56 Å². The van der Waals surface area contributed by atoms with Crippen molar-refractivity contribution in [2.24, 2.45) is 5.92 Å². The van der Waals surface area contributed by atoms with Gasteiger partial charge in [0.2, 0.25) is 12.7 Å². The third-order valence-electron chi connectivity index (χ3n) is 4.54. The van der Waals surface area contributed by atoms with Crippen LogP contribution in [0.5, 0.6) is 11.5 Å². The van der Waals surface area contributed by atoms with Crippen molar-refractivity contribution in [3.05, 3.63) is 53.3 Å². The second-order valence-electron chi connectivity index (χ2n) is 7.01. The van der Waals surface area contributed by atoms with E-state index in [2.05, 4.69) is 10.6 Å². The van der Waals surface area contributed by atoms with E-state index in [0.29, 0.717) is 22.7 Å². The lowest BCUT2D eigenvalue weighted by Crippen LogP contribution is -2.34. The average molecular weight is 386 g/mol. The van der Waals surface area contributed by atoms with Crippen LogP contribution >= 0.6 is 0 Å². The van der Waals surface area contributed by atoms with Crippen molar-refractivity contribution in [2.45, 2.75) is 26.8 Å². The molecule has 1 amide bonds. The third kappa shape index (κ3) is 4.48. The number of anilines is 1. The van der Waals surface area contributed by atoms with Crippen molar-refractivity contribution in [1.29, 1.82) is 0 Å². The molecule has 3 rings (SSSR count). The van der Waals surface area contributed by atoms with Crippen molar-refractivity contribution >= 4 is 17.4 Å². The number of Topliss-reactive ketones (excluding diaryl/α,β-unsaturated/α-hetero) is 1. The maximum Gasteiger partial charge on any atom is 0.238 e. The molecule has 2 N–H and O–H groups in total. The number of rotatable bonds is 7. The first-order valence-electron chi connectivity index (χ1n) is 9.08. The summed E-state index contributed by atoms with van der Waals surface area (Å²) >= 11 is 0. The molecular formula is C21H23FN2O4. The maximum atomic E-state index is 13.2. The van der Waals surface area contributed by atoms with Gasteiger partial charge in [-0.3, -0.25) is 9.59 Å². The fraction of sp³-hybridized carbons (Fsp3) is 0.333. The first-order chi connectivity index (χ1) is 13.3. The SMILES string of the molecule is CC(=O)c1cc2c(cc1NC(=O)CN[C@@H](c1ccc(F)cc1)C(C)C)OCO2. The molecule has 6 nitrogen and oxygen atoms in total. The van der Waals surface area contributed by atoms with Gasteiger partial charge in [-0.15, -0.1) is 0 Å². The van der Waals surface area contributed by atoms with Gasteiger partial charge in [-0.2, -0.15) is 0 Å². The van der Waals surface area contributed by atoms with Gasteiger partial charge < -0.3 is 20.1 Å². The number of nitrogens with one attached hydrogen (secondary N) is 2. The summed E-state index contributed by atoms with van der Waals surface area (Å²) in [4.78, 5) is 24.4. The predicted molar refractivity (Wildman–Crippen MR) is 103 cm³/mol. The Balaban J connectivity index is 1.70. The molecule has 1 aliphatic heterocycles. The van der Waals surface area contributed by atoms with Crippen molar-refractivity contribution < 1.29 is 23.5 Å². The van der Waals surface area contributed by atoms with Gasteiger partial charge in [0.1, 0.15) is 5.82 Å². The quantitative estimate of drug-likeness (QED) is 0.710. The Kier molecular flexibility index (Phi) is 5.94. The second-order valence-corrected chi connectivity index (χ2v) is 7.01. The topological polar surface area (TPSA) is 76.7 Å². The summed E-state index contributed by atoms with van der Waals surface area (Å²) in [6.07, 6.45) is 0. The van der Waals surface area contributed by atoms with E-state index >= 15 is 0 Å². The van der Waals surface area contributed by atoms with Crippen LogP contribution in [0.25, 0.3) is 0 Å². The zero-order chi connectivity index (χ0) is 20.3. The molecule has 0 radical (unpaired) electrons. The fourth-order valence-corrected chi connectivity index (χ4v) is 3.14. The highest BCUT2D eigenvalue weighted by Crippen LogP contribution is 2.37. The van der Waals surface area contributed by atoms with E-state index in [1.165, 1.54) is 19.1 Å². The van der Waals surface area contributed by atoms with Crippen LogP contribution in [0, 0.1) is 11.7 Å². The fourth-order valence-electron chi connectivity index (χ4n) is 3.14. The van der Waals surface area contributed by atoms with E-state index in [1.807, 2.05) is 13.8 Å². The molecule has 0 spiro atoms. The van der Waals surface area contributed by atoms with Gasteiger partial charge in [0.15, 0.2) is 17.3 Å². The Bertz CT molecular complexity index is 881. The lowest BCUT2D eigenvalue weighted by atomic mass is 9.96. The number of fused-ring (bicyclic) bond motifs is 1. The zero-order valence-corrected chi connectivity index (χ0v) is 16.0. The summed E-state index contributed by atoms with van der Waals surface area (Å²) in [5, 5.41) is 5.96. The van der Waals surface area contributed by atoms with Crippen molar-refractivity contribution in [2.75, 3.05) is 18.7 Å². The lowest BCUT2D eigenvalue weighted by molar-refractivity contribution is -0.115. The molecule has 0 saturated heterocycles. The Morgan fingerprint density at radius 2 is 1.75 bits per heavy atom. The predicted octanol–water partition coefficient (Wildman–Crippen LogP) is 3.68. The lowest BCUT2D eigenvalue weighted by Gasteiger charge is -2.23. The number of carbonyl (C=O) groups excluding carboxylic acids is 2. The van der Waals surface area contributed by atoms with Crippen LogP contribution in [-0.2, 0) is 4.79 Å². The van der Waals surface area contributed by atoms with Crippen molar-refractivity contribution in [3.8, 4) is 11.5 Å². The number of amides is 1. The van der Waals surface area contributed by atoms with Gasteiger partial charge in [-0.05, 0) is 36.6 Å². The Hall–Kier alpha value is -2.93. The normalized spacial score (nSPS) is 13.5. The second kappa shape index (κ2) is 8.39. The molecule has 148 valence electrons. The summed E-state index contributed by atoms with van der Waals surface area (Å²) < 4.78 is 23.8. The number of hydrogen-bond donors (Lipinski definition) is 2. The molecule has 1 aliphatic rings. The molecule has 2 aromatic carbocycles. The van der Waals surface area contributed by atoms with Gasteiger partial charge >= 0.3 is 0 Å². The Morgan fingerprint density at radius 1 is 1.11 bits per heavy atom. The number of ether oxygens (including phenoxy) is 2. The van der Waals surface area contributed by atoms with Crippen LogP contribution in [0.1, 0.15) is 42.7 Å². The summed E-state index contributed by atoms with van der Waals surface area (Å²) in [5.74, 6) is 0.374. The summed E-state index contributed by atoms with van der Waals surface area (Å²) in [7, 11) is 0. The van der Waals surface area contributed by atoms with Crippen LogP contribution in [0.3, 0.4) is 0 Å². The van der Waals surface area contributed by atoms with E-state index < -0.39 is 0 Å². The standard InChI is InChI=1S/C21H23FN2O4/c1-12(2)21(14-4-6-15(22)7-5-14)23-10-20(26)24-17-9-19-18(27-11-28-19)8-16(17)13(3)25/h4-9,12,21,23H,10-11H2,1-3H3,(H,24,26)/t21-/m1/s1. The molecule has 0 fully saturated rings. The number of ketones is 1. The van der Waals surface area contributed by atoms with Gasteiger partial charge in [0.25, 0.3) is 0 Å². The Morgan fingerprint density at radius 3 is 2.36 bits per heavy atom. The molecule has 1 heterocycles. The molecule has 1 atom stereocenters.